The summed E-state index contributed by atoms with van der Waals surface area (Å²) in [6.07, 6.45) is -1.46. The van der Waals surface area contributed by atoms with Gasteiger partial charge in [-0.05, 0) is 61.5 Å². The minimum atomic E-state index is -1.39. The molecule has 6 aromatic rings. The number of ether oxygens (including phenoxy) is 3. The Morgan fingerprint density at radius 3 is 2.12 bits per heavy atom. The monoisotopic (exact) mass is 791 g/mol. The van der Waals surface area contributed by atoms with Crippen molar-refractivity contribution in [1.82, 2.24) is 10.3 Å². The predicted molar refractivity (Wildman–Crippen MR) is 219 cm³/mol. The van der Waals surface area contributed by atoms with Crippen molar-refractivity contribution in [2.45, 2.75) is 38.0 Å². The molecule has 12 nitrogen and oxygen atoms in total. The molecule has 0 unspecified atom stereocenters. The summed E-state index contributed by atoms with van der Waals surface area (Å²) in [6, 6.07) is 36.4. The highest BCUT2D eigenvalue weighted by atomic mass is 16.5. The number of benzene rings is 5. The Morgan fingerprint density at radius 1 is 0.746 bits per heavy atom. The van der Waals surface area contributed by atoms with Crippen LogP contribution in [0.1, 0.15) is 78.5 Å². The van der Waals surface area contributed by atoms with Crippen LogP contribution in [0.15, 0.2) is 140 Å². The van der Waals surface area contributed by atoms with Gasteiger partial charge in [0.15, 0.2) is 5.78 Å². The first-order valence-electron chi connectivity index (χ1n) is 19.2. The summed E-state index contributed by atoms with van der Waals surface area (Å²) >= 11 is 0. The normalized spacial score (nSPS) is 15.8. The molecule has 2 N–H and O–H groups in total. The Labute approximate surface area is 340 Å². The van der Waals surface area contributed by atoms with Gasteiger partial charge in [0, 0.05) is 40.7 Å². The Bertz CT molecular complexity index is 2470. The van der Waals surface area contributed by atoms with Gasteiger partial charge in [0.25, 0.3) is 11.8 Å². The molecule has 298 valence electrons. The summed E-state index contributed by atoms with van der Waals surface area (Å²) in [5.41, 5.74) is 2.55. The smallest absolute Gasteiger partial charge is 0.338 e. The molecule has 0 bridgehead atoms. The van der Waals surface area contributed by atoms with Crippen LogP contribution in [0.3, 0.4) is 0 Å². The Kier molecular flexibility index (Phi) is 12.5. The number of amides is 2. The van der Waals surface area contributed by atoms with Crippen molar-refractivity contribution >= 4 is 46.1 Å². The highest BCUT2D eigenvalue weighted by Gasteiger charge is 2.48. The molecule has 0 radical (unpaired) electrons. The number of anilines is 1. The number of carbonyl (C=O) groups is 5. The van der Waals surface area contributed by atoms with Crippen molar-refractivity contribution in [2.24, 2.45) is 0 Å². The number of carbonyl (C=O) groups excluding carboxylic acids is 5. The molecule has 3 atom stereocenters. The number of hydrogen-bond acceptors (Lipinski definition) is 10. The number of aliphatic hydroxyl groups is 1. The number of ketones is 1. The topological polar surface area (TPSA) is 161 Å². The molecule has 0 spiro atoms. The molecular formula is C47H41N3O9. The second kappa shape index (κ2) is 18.4. The van der Waals surface area contributed by atoms with E-state index in [0.717, 1.165) is 5.39 Å². The maximum atomic E-state index is 14.6. The zero-order chi connectivity index (χ0) is 41.3. The standard InChI is InChI=1S/C47H41N3O9/c1-2-57-41(52)29-40-44(59-47(56)34-20-18-32(19-21-34)43(53)31-13-5-3-6-14-31)42(49-45(54)38-24-22-30-12-9-10-17-37(30)48-38)36-28-35(58-27-11-26-51)23-25-39(36)50(40)46(55)33-15-7-4-8-16-33/h3-10,12-25,28,40,42,44,51H,2,11,26-27,29H2,1H3,(H,49,54)/t40-,42-,44-/m0/s1. The quantitative estimate of drug-likeness (QED) is 0.0674. The summed E-state index contributed by atoms with van der Waals surface area (Å²) in [4.78, 5) is 75.8. The van der Waals surface area contributed by atoms with Gasteiger partial charge < -0.3 is 29.5 Å². The third-order valence-electron chi connectivity index (χ3n) is 9.90. The third kappa shape index (κ3) is 9.03. The van der Waals surface area contributed by atoms with E-state index in [4.69, 9.17) is 14.2 Å². The van der Waals surface area contributed by atoms with E-state index in [1.807, 2.05) is 24.3 Å². The molecule has 0 fully saturated rings. The van der Waals surface area contributed by atoms with Gasteiger partial charge in [0.2, 0.25) is 0 Å². The van der Waals surface area contributed by atoms with Crippen molar-refractivity contribution < 1.29 is 43.3 Å². The lowest BCUT2D eigenvalue weighted by Gasteiger charge is -2.45. The molecule has 5 aromatic carbocycles. The average molecular weight is 792 g/mol. The summed E-state index contributed by atoms with van der Waals surface area (Å²) in [5.74, 6) is -2.48. The van der Waals surface area contributed by atoms with Gasteiger partial charge in [-0.15, -0.1) is 0 Å². The minimum absolute atomic E-state index is 0.0512. The van der Waals surface area contributed by atoms with Crippen LogP contribution in [-0.2, 0) is 14.3 Å². The van der Waals surface area contributed by atoms with E-state index >= 15 is 0 Å². The molecule has 0 saturated carbocycles. The van der Waals surface area contributed by atoms with Crippen LogP contribution in [0, 0.1) is 0 Å². The molecule has 1 aliphatic heterocycles. The van der Waals surface area contributed by atoms with Gasteiger partial charge in [-0.1, -0.05) is 84.9 Å². The number of pyridine rings is 1. The lowest BCUT2D eigenvalue weighted by molar-refractivity contribution is -0.144. The van der Waals surface area contributed by atoms with Crippen molar-refractivity contribution in [3.63, 3.8) is 0 Å². The van der Waals surface area contributed by atoms with Gasteiger partial charge >= 0.3 is 11.9 Å². The van der Waals surface area contributed by atoms with Gasteiger partial charge in [0.05, 0.1) is 48.5 Å². The zero-order valence-corrected chi connectivity index (χ0v) is 32.2. The molecule has 0 saturated heterocycles. The average Bonchev–Trinajstić information content (AvgIpc) is 3.27. The van der Waals surface area contributed by atoms with E-state index in [9.17, 15) is 29.1 Å². The largest absolute Gasteiger partial charge is 0.493 e. The Morgan fingerprint density at radius 2 is 1.41 bits per heavy atom. The van der Waals surface area contributed by atoms with Crippen LogP contribution in [-0.4, -0.2) is 71.6 Å². The minimum Gasteiger partial charge on any atom is -0.493 e. The molecule has 59 heavy (non-hydrogen) atoms. The second-order valence-electron chi connectivity index (χ2n) is 13.7. The lowest BCUT2D eigenvalue weighted by atomic mass is 9.85. The van der Waals surface area contributed by atoms with E-state index in [1.165, 1.54) is 29.2 Å². The van der Waals surface area contributed by atoms with Gasteiger partial charge in [-0.3, -0.25) is 19.2 Å². The van der Waals surface area contributed by atoms with Crippen LogP contribution >= 0.6 is 0 Å². The molecular weight excluding hydrogens is 751 g/mol. The number of hydrogen-bond donors (Lipinski definition) is 2. The van der Waals surface area contributed by atoms with Crippen LogP contribution in [0.2, 0.25) is 0 Å². The zero-order valence-electron chi connectivity index (χ0n) is 32.2. The van der Waals surface area contributed by atoms with E-state index < -0.39 is 48.4 Å². The highest BCUT2D eigenvalue weighted by Crippen LogP contribution is 2.43. The van der Waals surface area contributed by atoms with Crippen LogP contribution in [0.4, 0.5) is 5.69 Å². The molecule has 2 heterocycles. The second-order valence-corrected chi connectivity index (χ2v) is 13.7. The molecule has 1 aliphatic rings. The third-order valence-corrected chi connectivity index (χ3v) is 9.90. The first-order chi connectivity index (χ1) is 28.7. The number of aromatic nitrogens is 1. The van der Waals surface area contributed by atoms with Crippen molar-refractivity contribution in [1.29, 1.82) is 0 Å². The van der Waals surface area contributed by atoms with Crippen molar-refractivity contribution in [3.05, 3.63) is 173 Å². The number of para-hydroxylation sites is 1. The molecule has 12 heteroatoms. The lowest BCUT2D eigenvalue weighted by Crippen LogP contribution is -2.58. The van der Waals surface area contributed by atoms with Gasteiger partial charge in [-0.25, -0.2) is 9.78 Å². The van der Waals surface area contributed by atoms with Crippen LogP contribution in [0.25, 0.3) is 10.9 Å². The number of esters is 2. The van der Waals surface area contributed by atoms with Crippen LogP contribution in [0.5, 0.6) is 5.75 Å². The summed E-state index contributed by atoms with van der Waals surface area (Å²) < 4.78 is 17.7. The molecule has 2 amide bonds. The maximum absolute atomic E-state index is 14.6. The van der Waals surface area contributed by atoms with Gasteiger partial charge in [0.1, 0.15) is 17.5 Å². The number of nitrogens with one attached hydrogen (secondary N) is 1. The van der Waals surface area contributed by atoms with E-state index in [2.05, 4.69) is 10.3 Å². The number of nitrogens with zero attached hydrogens (tertiary/aromatic N) is 2. The maximum Gasteiger partial charge on any atom is 0.338 e. The molecule has 7 rings (SSSR count). The fourth-order valence-electron chi connectivity index (χ4n) is 7.07. The van der Waals surface area contributed by atoms with E-state index in [0.29, 0.717) is 45.6 Å². The number of aliphatic hydroxyl groups excluding tert-OH is 1. The number of rotatable bonds is 14. The fraction of sp³-hybridized carbons (Fsp3) is 0.191. The summed E-state index contributed by atoms with van der Waals surface area (Å²) in [5, 5.41) is 13.3. The van der Waals surface area contributed by atoms with E-state index in [-0.39, 0.29) is 36.9 Å². The first kappa shape index (κ1) is 40.0. The number of fused-ring (bicyclic) bond motifs is 2. The van der Waals surface area contributed by atoms with Crippen molar-refractivity contribution in [2.75, 3.05) is 24.7 Å². The Hall–Kier alpha value is -7.18. The summed E-state index contributed by atoms with van der Waals surface area (Å²) in [6.45, 7) is 1.78. The van der Waals surface area contributed by atoms with Crippen molar-refractivity contribution in [3.8, 4) is 5.75 Å². The Balaban J connectivity index is 1.34. The van der Waals surface area contributed by atoms with Gasteiger partial charge in [-0.2, -0.15) is 0 Å². The highest BCUT2D eigenvalue weighted by molar-refractivity contribution is 6.10. The first-order valence-corrected chi connectivity index (χ1v) is 19.2. The molecule has 0 aliphatic carbocycles. The fourth-order valence-corrected chi connectivity index (χ4v) is 7.07. The molecule has 1 aromatic heterocycles. The van der Waals surface area contributed by atoms with E-state index in [1.54, 1.807) is 97.9 Å². The SMILES string of the molecule is CCOC(=O)C[C@H]1[C@H](OC(=O)c2ccc(C(=O)c3ccccc3)cc2)[C@@H](NC(=O)c2ccc3ccccc3n2)c2cc(OCCCO)ccc2N1C(=O)c1ccccc1. The summed E-state index contributed by atoms with van der Waals surface area (Å²) in [7, 11) is 0. The van der Waals surface area contributed by atoms with Crippen LogP contribution < -0.4 is 15.0 Å². The predicted octanol–water partition coefficient (Wildman–Crippen LogP) is 6.91.